The maximum atomic E-state index is 13.4. The number of benzene rings is 1. The van der Waals surface area contributed by atoms with E-state index in [0.717, 1.165) is 12.1 Å². The third-order valence-electron chi connectivity index (χ3n) is 2.40. The second-order valence-electron chi connectivity index (χ2n) is 3.90. The van der Waals surface area contributed by atoms with Crippen LogP contribution in [0.4, 0.5) is 10.1 Å². The van der Waals surface area contributed by atoms with E-state index >= 15 is 0 Å². The summed E-state index contributed by atoms with van der Waals surface area (Å²) in [4.78, 5) is 10.2. The third kappa shape index (κ3) is 3.63. The topological polar surface area (TPSA) is 136 Å². The van der Waals surface area contributed by atoms with Crippen molar-refractivity contribution in [1.29, 1.82) is 0 Å². The highest BCUT2D eigenvalue weighted by atomic mass is 32.2. The molecule has 1 aromatic rings. The van der Waals surface area contributed by atoms with E-state index in [1.54, 1.807) is 0 Å². The van der Waals surface area contributed by atoms with E-state index in [9.17, 15) is 17.6 Å². The van der Waals surface area contributed by atoms with Gasteiger partial charge in [-0.05, 0) is 19.1 Å². The molecule has 0 bridgehead atoms. The molecule has 19 heavy (non-hydrogen) atoms. The highest BCUT2D eigenvalue weighted by Gasteiger charge is 2.22. The van der Waals surface area contributed by atoms with Crippen LogP contribution in [0.5, 0.6) is 0 Å². The summed E-state index contributed by atoms with van der Waals surface area (Å²) >= 11 is 0. The van der Waals surface area contributed by atoms with Crippen LogP contribution in [0.2, 0.25) is 0 Å². The molecule has 0 aliphatic heterocycles. The molecule has 1 amide bonds. The van der Waals surface area contributed by atoms with Crippen LogP contribution < -0.4 is 16.2 Å². The van der Waals surface area contributed by atoms with Crippen molar-refractivity contribution in [2.24, 2.45) is 5.73 Å². The van der Waals surface area contributed by atoms with E-state index in [-0.39, 0.29) is 16.1 Å². The van der Waals surface area contributed by atoms with Crippen molar-refractivity contribution in [3.05, 3.63) is 23.5 Å². The third-order valence-corrected chi connectivity index (χ3v) is 3.95. The number of hydrogen-bond donors (Lipinski definition) is 4. The predicted octanol–water partition coefficient (Wildman–Crippen LogP) is -1.16. The van der Waals surface area contributed by atoms with Crippen LogP contribution in [0.3, 0.4) is 0 Å². The molecular formula is C10H14FN3O4S. The van der Waals surface area contributed by atoms with Crippen LogP contribution in [0.15, 0.2) is 17.0 Å². The Labute approximate surface area is 109 Å². The van der Waals surface area contributed by atoms with Crippen molar-refractivity contribution in [2.75, 3.05) is 12.3 Å². The van der Waals surface area contributed by atoms with Crippen molar-refractivity contribution < 1.29 is 22.7 Å². The Kier molecular flexibility index (Phi) is 4.45. The van der Waals surface area contributed by atoms with Gasteiger partial charge in [0.15, 0.2) is 0 Å². The molecule has 0 aliphatic carbocycles. The SMILES string of the molecule is Cc1c(F)cc(N)cc1S(=O)(=O)NCC(O)C(N)=O. The first-order valence-corrected chi connectivity index (χ1v) is 6.66. The lowest BCUT2D eigenvalue weighted by molar-refractivity contribution is -0.125. The molecule has 0 saturated heterocycles. The molecule has 0 fully saturated rings. The maximum absolute atomic E-state index is 13.4. The summed E-state index contributed by atoms with van der Waals surface area (Å²) in [7, 11) is -4.10. The molecule has 0 saturated carbocycles. The molecule has 1 rings (SSSR count). The average Bonchev–Trinajstić information content (AvgIpc) is 2.30. The number of rotatable bonds is 5. The summed E-state index contributed by atoms with van der Waals surface area (Å²) in [5.74, 6) is -1.84. The molecule has 6 N–H and O–H groups in total. The zero-order valence-electron chi connectivity index (χ0n) is 10.1. The fourth-order valence-corrected chi connectivity index (χ4v) is 2.64. The van der Waals surface area contributed by atoms with Gasteiger partial charge >= 0.3 is 0 Å². The van der Waals surface area contributed by atoms with Crippen LogP contribution in [-0.4, -0.2) is 32.1 Å². The summed E-state index contributed by atoms with van der Waals surface area (Å²) < 4.78 is 39.1. The van der Waals surface area contributed by atoms with E-state index in [0.29, 0.717) is 0 Å². The predicted molar refractivity (Wildman–Crippen MR) is 65.9 cm³/mol. The van der Waals surface area contributed by atoms with Crippen LogP contribution in [-0.2, 0) is 14.8 Å². The molecule has 0 radical (unpaired) electrons. The number of carbonyl (C=O) groups excluding carboxylic acids is 1. The summed E-state index contributed by atoms with van der Waals surface area (Å²) in [5, 5.41) is 9.11. The van der Waals surface area contributed by atoms with Crippen LogP contribution in [0.1, 0.15) is 5.56 Å². The Bertz CT molecular complexity index is 603. The van der Waals surface area contributed by atoms with Gasteiger partial charge in [-0.15, -0.1) is 0 Å². The van der Waals surface area contributed by atoms with Crippen molar-refractivity contribution in [2.45, 2.75) is 17.9 Å². The summed E-state index contributed by atoms with van der Waals surface area (Å²) in [6.45, 7) is 0.668. The number of aliphatic hydroxyl groups excluding tert-OH is 1. The highest BCUT2D eigenvalue weighted by Crippen LogP contribution is 2.21. The van der Waals surface area contributed by atoms with Crippen LogP contribution in [0.25, 0.3) is 0 Å². The van der Waals surface area contributed by atoms with E-state index in [4.69, 9.17) is 16.6 Å². The van der Waals surface area contributed by atoms with E-state index < -0.39 is 34.4 Å². The van der Waals surface area contributed by atoms with Crippen molar-refractivity contribution in [3.8, 4) is 0 Å². The minimum absolute atomic E-state index is 0.0566. The molecule has 0 heterocycles. The number of anilines is 1. The fourth-order valence-electron chi connectivity index (χ4n) is 1.32. The lowest BCUT2D eigenvalue weighted by Gasteiger charge is -2.12. The summed E-state index contributed by atoms with van der Waals surface area (Å²) in [6.07, 6.45) is -1.67. The minimum atomic E-state index is -4.10. The number of nitrogens with one attached hydrogen (secondary N) is 1. The van der Waals surface area contributed by atoms with Gasteiger partial charge in [-0.25, -0.2) is 17.5 Å². The molecule has 106 valence electrons. The van der Waals surface area contributed by atoms with Crippen molar-refractivity contribution >= 4 is 21.6 Å². The molecule has 9 heteroatoms. The highest BCUT2D eigenvalue weighted by molar-refractivity contribution is 7.89. The number of halogens is 1. The number of nitrogens with two attached hydrogens (primary N) is 2. The summed E-state index contributed by atoms with van der Waals surface area (Å²) in [6, 6.07) is 2.07. The van der Waals surface area contributed by atoms with Crippen LogP contribution in [0, 0.1) is 12.7 Å². The number of carbonyl (C=O) groups is 1. The van der Waals surface area contributed by atoms with E-state index in [2.05, 4.69) is 0 Å². The molecule has 1 atom stereocenters. The first-order valence-electron chi connectivity index (χ1n) is 5.18. The van der Waals surface area contributed by atoms with Gasteiger partial charge < -0.3 is 16.6 Å². The van der Waals surface area contributed by atoms with E-state index in [1.165, 1.54) is 6.92 Å². The minimum Gasteiger partial charge on any atom is -0.399 e. The Morgan fingerprint density at radius 2 is 2.11 bits per heavy atom. The van der Waals surface area contributed by atoms with Gasteiger partial charge in [0, 0.05) is 17.8 Å². The molecule has 1 aromatic carbocycles. The monoisotopic (exact) mass is 291 g/mol. The molecule has 0 aliphatic rings. The quantitative estimate of drug-likeness (QED) is 0.507. The maximum Gasteiger partial charge on any atom is 0.247 e. The molecule has 0 aromatic heterocycles. The van der Waals surface area contributed by atoms with Crippen molar-refractivity contribution in [1.82, 2.24) is 4.72 Å². The Hall–Kier alpha value is -1.71. The normalized spacial score (nSPS) is 13.2. The molecule has 7 nitrogen and oxygen atoms in total. The number of hydrogen-bond acceptors (Lipinski definition) is 5. The molecular weight excluding hydrogens is 277 g/mol. The van der Waals surface area contributed by atoms with Gasteiger partial charge in [0.1, 0.15) is 11.9 Å². The average molecular weight is 291 g/mol. The number of sulfonamides is 1. The van der Waals surface area contributed by atoms with Gasteiger partial charge in [0.05, 0.1) is 4.90 Å². The lowest BCUT2D eigenvalue weighted by atomic mass is 10.2. The van der Waals surface area contributed by atoms with E-state index in [1.807, 2.05) is 4.72 Å². The zero-order chi connectivity index (χ0) is 14.8. The second-order valence-corrected chi connectivity index (χ2v) is 5.63. The summed E-state index contributed by atoms with van der Waals surface area (Å²) in [5.41, 5.74) is 9.98. The molecule has 0 spiro atoms. The Morgan fingerprint density at radius 3 is 2.63 bits per heavy atom. The van der Waals surface area contributed by atoms with Crippen LogP contribution >= 0.6 is 0 Å². The lowest BCUT2D eigenvalue weighted by Crippen LogP contribution is -2.40. The van der Waals surface area contributed by atoms with Crippen molar-refractivity contribution in [3.63, 3.8) is 0 Å². The van der Waals surface area contributed by atoms with Gasteiger partial charge in [-0.3, -0.25) is 4.79 Å². The number of nitrogen functional groups attached to an aromatic ring is 1. The smallest absolute Gasteiger partial charge is 0.247 e. The van der Waals surface area contributed by atoms with Gasteiger partial charge in [0.25, 0.3) is 0 Å². The molecule has 1 unspecified atom stereocenters. The Morgan fingerprint density at radius 1 is 1.53 bits per heavy atom. The number of amides is 1. The first-order chi connectivity index (χ1) is 8.65. The number of aliphatic hydroxyl groups is 1. The Balaban J connectivity index is 3.05. The van der Waals surface area contributed by atoms with Gasteiger partial charge in [0.2, 0.25) is 15.9 Å². The number of primary amides is 1. The standard InChI is InChI=1S/C10H14FN3O4S/c1-5-7(11)2-6(12)3-9(5)19(17,18)14-4-8(15)10(13)16/h2-3,8,14-15H,4,12H2,1H3,(H2,13,16). The first kappa shape index (κ1) is 15.3. The second kappa shape index (κ2) is 5.51. The fraction of sp³-hybridized carbons (Fsp3) is 0.300. The zero-order valence-corrected chi connectivity index (χ0v) is 10.9. The van der Waals surface area contributed by atoms with Gasteiger partial charge in [-0.2, -0.15) is 0 Å². The largest absolute Gasteiger partial charge is 0.399 e. The van der Waals surface area contributed by atoms with Gasteiger partial charge in [-0.1, -0.05) is 0 Å².